The Labute approximate surface area is 122 Å². The summed E-state index contributed by atoms with van der Waals surface area (Å²) in [6.07, 6.45) is 1.09. The molecular weight excluding hydrogens is 280 g/mol. The number of halogens is 1. The first-order chi connectivity index (χ1) is 9.56. The molecule has 2 amide bonds. The number of hydrogen-bond acceptors (Lipinski definition) is 3. The summed E-state index contributed by atoms with van der Waals surface area (Å²) < 4.78 is 5.57. The van der Waals surface area contributed by atoms with Crippen molar-refractivity contribution in [2.24, 2.45) is 0 Å². The largest absolute Gasteiger partial charge is 0.479 e. The summed E-state index contributed by atoms with van der Waals surface area (Å²) in [5.41, 5.74) is 1.24. The van der Waals surface area contributed by atoms with Crippen LogP contribution < -0.4 is 15.0 Å². The Morgan fingerprint density at radius 2 is 2.35 bits per heavy atom. The Morgan fingerprint density at radius 1 is 1.60 bits per heavy atom. The topological polar surface area (TPSA) is 58.6 Å². The maximum absolute atomic E-state index is 12.1. The molecule has 1 aliphatic heterocycles. The maximum atomic E-state index is 12.1. The van der Waals surface area contributed by atoms with Crippen molar-refractivity contribution in [1.29, 1.82) is 0 Å². The molecule has 6 heteroatoms. The summed E-state index contributed by atoms with van der Waals surface area (Å²) >= 11 is 5.44. The highest BCUT2D eigenvalue weighted by Gasteiger charge is 2.30. The lowest BCUT2D eigenvalue weighted by Gasteiger charge is -2.32. The number of ether oxygens (including phenoxy) is 1. The number of nitrogens with one attached hydrogen (secondary N) is 1. The SMILES string of the molecule is C=CCN1C(=O)C(C)Oc2cc(NC(=O)CCl)ccc21. The van der Waals surface area contributed by atoms with Gasteiger partial charge in [-0.05, 0) is 19.1 Å². The third-order valence-electron chi connectivity index (χ3n) is 2.88. The van der Waals surface area contributed by atoms with Crippen LogP contribution in [0, 0.1) is 0 Å². The predicted octanol–water partition coefficient (Wildman–Crippen LogP) is 2.16. The zero-order valence-electron chi connectivity index (χ0n) is 11.1. The summed E-state index contributed by atoms with van der Waals surface area (Å²) in [6.45, 7) is 5.74. The van der Waals surface area contributed by atoms with Gasteiger partial charge in [-0.2, -0.15) is 0 Å². The van der Waals surface area contributed by atoms with E-state index in [-0.39, 0.29) is 17.7 Å². The first-order valence-electron chi connectivity index (χ1n) is 6.15. The van der Waals surface area contributed by atoms with E-state index in [4.69, 9.17) is 16.3 Å². The van der Waals surface area contributed by atoms with Crippen LogP contribution in [-0.2, 0) is 9.59 Å². The molecule has 0 aliphatic carbocycles. The molecule has 5 nitrogen and oxygen atoms in total. The molecular formula is C14H15ClN2O3. The number of carbonyl (C=O) groups is 2. The molecule has 1 aromatic rings. The number of carbonyl (C=O) groups excluding carboxylic acids is 2. The number of amides is 2. The maximum Gasteiger partial charge on any atom is 0.268 e. The molecule has 0 bridgehead atoms. The minimum Gasteiger partial charge on any atom is -0.479 e. The van der Waals surface area contributed by atoms with Gasteiger partial charge in [-0.25, -0.2) is 0 Å². The lowest BCUT2D eigenvalue weighted by molar-refractivity contribution is -0.125. The third kappa shape index (κ3) is 2.77. The van der Waals surface area contributed by atoms with Crippen LogP contribution in [0.25, 0.3) is 0 Å². The van der Waals surface area contributed by atoms with Crippen molar-refractivity contribution in [2.75, 3.05) is 22.6 Å². The molecule has 1 unspecified atom stereocenters. The number of nitrogens with zero attached hydrogens (tertiary/aromatic N) is 1. The van der Waals surface area contributed by atoms with Crippen LogP contribution in [0.3, 0.4) is 0 Å². The van der Waals surface area contributed by atoms with Gasteiger partial charge in [0.15, 0.2) is 6.10 Å². The van der Waals surface area contributed by atoms with E-state index in [0.29, 0.717) is 23.7 Å². The van der Waals surface area contributed by atoms with Gasteiger partial charge in [-0.3, -0.25) is 9.59 Å². The number of rotatable bonds is 4. The number of fused-ring (bicyclic) bond motifs is 1. The molecule has 0 spiro atoms. The van der Waals surface area contributed by atoms with Crippen LogP contribution in [-0.4, -0.2) is 30.3 Å². The van der Waals surface area contributed by atoms with Crippen LogP contribution >= 0.6 is 11.6 Å². The molecule has 1 atom stereocenters. The number of benzene rings is 1. The molecule has 1 N–H and O–H groups in total. The quantitative estimate of drug-likeness (QED) is 0.684. The molecule has 1 aromatic carbocycles. The predicted molar refractivity (Wildman–Crippen MR) is 78.4 cm³/mol. The smallest absolute Gasteiger partial charge is 0.268 e. The second-order valence-corrected chi connectivity index (χ2v) is 4.63. The summed E-state index contributed by atoms with van der Waals surface area (Å²) in [4.78, 5) is 24.9. The Kier molecular flexibility index (Phi) is 4.29. The van der Waals surface area contributed by atoms with E-state index in [2.05, 4.69) is 11.9 Å². The number of alkyl halides is 1. The average molecular weight is 295 g/mol. The van der Waals surface area contributed by atoms with Crippen molar-refractivity contribution >= 4 is 34.8 Å². The fraction of sp³-hybridized carbons (Fsp3) is 0.286. The van der Waals surface area contributed by atoms with Gasteiger partial charge in [-0.1, -0.05) is 6.08 Å². The molecule has 20 heavy (non-hydrogen) atoms. The monoisotopic (exact) mass is 294 g/mol. The second-order valence-electron chi connectivity index (χ2n) is 4.36. The Morgan fingerprint density at radius 3 is 3.00 bits per heavy atom. The van der Waals surface area contributed by atoms with E-state index in [1.807, 2.05) is 0 Å². The fourth-order valence-electron chi connectivity index (χ4n) is 2.00. The molecule has 0 radical (unpaired) electrons. The molecule has 0 fully saturated rings. The zero-order chi connectivity index (χ0) is 14.7. The van der Waals surface area contributed by atoms with Crippen molar-refractivity contribution in [1.82, 2.24) is 0 Å². The first-order valence-corrected chi connectivity index (χ1v) is 6.69. The van der Waals surface area contributed by atoms with Crippen LogP contribution in [0.2, 0.25) is 0 Å². The Balaban J connectivity index is 2.33. The van der Waals surface area contributed by atoms with E-state index < -0.39 is 6.10 Å². The van der Waals surface area contributed by atoms with E-state index in [0.717, 1.165) is 0 Å². The molecule has 0 saturated carbocycles. The molecule has 0 saturated heterocycles. The molecule has 2 rings (SSSR count). The molecule has 106 valence electrons. The fourth-order valence-corrected chi connectivity index (χ4v) is 2.07. The summed E-state index contributed by atoms with van der Waals surface area (Å²) in [5, 5.41) is 2.64. The summed E-state index contributed by atoms with van der Waals surface area (Å²) in [5.74, 6) is 0.0193. The van der Waals surface area contributed by atoms with Crippen LogP contribution in [0.15, 0.2) is 30.9 Å². The van der Waals surface area contributed by atoms with Crippen LogP contribution in [0.5, 0.6) is 5.75 Å². The summed E-state index contributed by atoms with van der Waals surface area (Å²) in [6, 6.07) is 5.11. The van der Waals surface area contributed by atoms with Crippen molar-refractivity contribution in [3.63, 3.8) is 0 Å². The van der Waals surface area contributed by atoms with E-state index in [1.54, 1.807) is 36.1 Å². The highest BCUT2D eigenvalue weighted by Crippen LogP contribution is 2.36. The van der Waals surface area contributed by atoms with Gasteiger partial charge < -0.3 is 15.0 Å². The van der Waals surface area contributed by atoms with Gasteiger partial charge >= 0.3 is 0 Å². The van der Waals surface area contributed by atoms with Gasteiger partial charge in [0.25, 0.3) is 5.91 Å². The van der Waals surface area contributed by atoms with Crippen LogP contribution in [0.1, 0.15) is 6.92 Å². The third-order valence-corrected chi connectivity index (χ3v) is 3.13. The molecule has 1 aliphatic rings. The highest BCUT2D eigenvalue weighted by atomic mass is 35.5. The number of anilines is 2. The molecule has 1 heterocycles. The normalized spacial score (nSPS) is 17.2. The van der Waals surface area contributed by atoms with Crippen molar-refractivity contribution in [2.45, 2.75) is 13.0 Å². The lowest BCUT2D eigenvalue weighted by atomic mass is 10.1. The van der Waals surface area contributed by atoms with Gasteiger partial charge in [0.05, 0.1) is 5.69 Å². The van der Waals surface area contributed by atoms with Gasteiger partial charge in [0.2, 0.25) is 5.91 Å². The van der Waals surface area contributed by atoms with Gasteiger partial charge in [-0.15, -0.1) is 18.2 Å². The zero-order valence-corrected chi connectivity index (χ0v) is 11.8. The minimum absolute atomic E-state index is 0.116. The van der Waals surface area contributed by atoms with E-state index >= 15 is 0 Å². The van der Waals surface area contributed by atoms with Crippen molar-refractivity contribution in [3.05, 3.63) is 30.9 Å². The Bertz CT molecular complexity index is 559. The summed E-state index contributed by atoms with van der Waals surface area (Å²) in [7, 11) is 0. The van der Waals surface area contributed by atoms with Crippen LogP contribution in [0.4, 0.5) is 11.4 Å². The van der Waals surface area contributed by atoms with Gasteiger partial charge in [0, 0.05) is 18.3 Å². The van der Waals surface area contributed by atoms with Crippen molar-refractivity contribution in [3.8, 4) is 5.75 Å². The van der Waals surface area contributed by atoms with Gasteiger partial charge in [0.1, 0.15) is 11.6 Å². The van der Waals surface area contributed by atoms with E-state index in [9.17, 15) is 9.59 Å². The number of hydrogen-bond donors (Lipinski definition) is 1. The standard InChI is InChI=1S/C14H15ClN2O3/c1-3-6-17-11-5-4-10(16-13(18)8-15)7-12(11)20-9(2)14(17)19/h3-5,7,9H,1,6,8H2,2H3,(H,16,18). The average Bonchev–Trinajstić information content (AvgIpc) is 2.43. The second kappa shape index (κ2) is 5.96. The Hall–Kier alpha value is -2.01. The minimum atomic E-state index is -0.568. The lowest BCUT2D eigenvalue weighted by Crippen LogP contribution is -2.44. The van der Waals surface area contributed by atoms with E-state index in [1.165, 1.54) is 0 Å². The van der Waals surface area contributed by atoms with Crippen molar-refractivity contribution < 1.29 is 14.3 Å². The highest BCUT2D eigenvalue weighted by molar-refractivity contribution is 6.29. The first kappa shape index (κ1) is 14.4. The molecule has 0 aromatic heterocycles.